The molecule has 1 heterocycles. The molecule has 1 aromatic heterocycles. The van der Waals surface area contributed by atoms with Crippen LogP contribution in [-0.4, -0.2) is 21.1 Å². The molecule has 5 nitrogen and oxygen atoms in total. The molecule has 1 aromatic rings. The summed E-state index contributed by atoms with van der Waals surface area (Å²) >= 11 is 6.59. The van der Waals surface area contributed by atoms with Crippen LogP contribution in [0.2, 0.25) is 0 Å². The van der Waals surface area contributed by atoms with Gasteiger partial charge in [-0.15, -0.1) is 11.6 Å². The Morgan fingerprint density at radius 2 is 2.27 bits per heavy atom. The van der Waals surface area contributed by atoms with Crippen LogP contribution in [0.25, 0.3) is 0 Å². The number of rotatable bonds is 2. The summed E-state index contributed by atoms with van der Waals surface area (Å²) in [6.07, 6.45) is -0.542. The van der Waals surface area contributed by atoms with Crippen molar-refractivity contribution >= 4 is 34.4 Å². The number of anilines is 1. The number of carbonyl (C=O) groups is 1. The Balaban J connectivity index is 2.51. The van der Waals surface area contributed by atoms with Crippen LogP contribution in [0.15, 0.2) is 0 Å². The van der Waals surface area contributed by atoms with E-state index in [1.807, 2.05) is 0 Å². The summed E-state index contributed by atoms with van der Waals surface area (Å²) in [6.45, 7) is 5.37. The number of carbonyl (C=O) groups excluding carboxylic acids is 1. The van der Waals surface area contributed by atoms with Gasteiger partial charge < -0.3 is 4.74 Å². The van der Waals surface area contributed by atoms with Gasteiger partial charge in [-0.3, -0.25) is 5.32 Å². The standard InChI is InChI=1S/C8H12ClN3O2S/c1-8(2,3)14-7(13)11-6-10-5(4-9)12-15-6/h4H2,1-3H3,(H,10,11,12,13). The highest BCUT2D eigenvalue weighted by Crippen LogP contribution is 2.14. The van der Waals surface area contributed by atoms with Gasteiger partial charge in [-0.2, -0.15) is 4.37 Å². The molecule has 0 unspecified atom stereocenters. The molecule has 7 heteroatoms. The van der Waals surface area contributed by atoms with Crippen molar-refractivity contribution in [1.29, 1.82) is 0 Å². The molecule has 1 amide bonds. The number of amides is 1. The largest absolute Gasteiger partial charge is 0.444 e. The quantitative estimate of drug-likeness (QED) is 0.819. The molecule has 84 valence electrons. The Morgan fingerprint density at radius 1 is 1.60 bits per heavy atom. The van der Waals surface area contributed by atoms with Crippen molar-refractivity contribution in [1.82, 2.24) is 9.36 Å². The SMILES string of the molecule is CC(C)(C)OC(=O)Nc1nc(CCl)ns1. The molecule has 0 spiro atoms. The van der Waals surface area contributed by atoms with Gasteiger partial charge in [0.05, 0.1) is 5.88 Å². The van der Waals surface area contributed by atoms with Crippen LogP contribution >= 0.6 is 23.1 Å². The van der Waals surface area contributed by atoms with Gasteiger partial charge in [0.15, 0.2) is 5.82 Å². The van der Waals surface area contributed by atoms with E-state index in [0.717, 1.165) is 11.5 Å². The Bertz CT molecular complexity index is 348. The normalized spacial score (nSPS) is 11.2. The van der Waals surface area contributed by atoms with Crippen molar-refractivity contribution in [3.8, 4) is 0 Å². The summed E-state index contributed by atoms with van der Waals surface area (Å²) in [6, 6.07) is 0. The number of nitrogens with one attached hydrogen (secondary N) is 1. The number of aromatic nitrogens is 2. The van der Waals surface area contributed by atoms with Crippen molar-refractivity contribution in [2.75, 3.05) is 5.32 Å². The van der Waals surface area contributed by atoms with E-state index in [0.29, 0.717) is 11.0 Å². The van der Waals surface area contributed by atoms with Gasteiger partial charge in [-0.05, 0) is 20.8 Å². The lowest BCUT2D eigenvalue weighted by molar-refractivity contribution is 0.0636. The fourth-order valence-electron chi connectivity index (χ4n) is 0.750. The molecule has 15 heavy (non-hydrogen) atoms. The zero-order valence-electron chi connectivity index (χ0n) is 8.70. The van der Waals surface area contributed by atoms with Crippen molar-refractivity contribution in [2.24, 2.45) is 0 Å². The molecule has 0 aliphatic carbocycles. The maximum atomic E-state index is 11.3. The van der Waals surface area contributed by atoms with Crippen LogP contribution in [0.3, 0.4) is 0 Å². The number of ether oxygens (including phenoxy) is 1. The first-order chi connectivity index (χ1) is 6.90. The van der Waals surface area contributed by atoms with Crippen molar-refractivity contribution in [3.63, 3.8) is 0 Å². The van der Waals surface area contributed by atoms with Gasteiger partial charge in [0.2, 0.25) is 5.13 Å². The van der Waals surface area contributed by atoms with Crippen LogP contribution in [0, 0.1) is 0 Å². The Hall–Kier alpha value is -0.880. The van der Waals surface area contributed by atoms with Gasteiger partial charge in [-0.25, -0.2) is 9.78 Å². The van der Waals surface area contributed by atoms with E-state index in [4.69, 9.17) is 16.3 Å². The van der Waals surface area contributed by atoms with Crippen molar-refractivity contribution < 1.29 is 9.53 Å². The van der Waals surface area contributed by atoms with Crippen LogP contribution in [0.5, 0.6) is 0 Å². The fraction of sp³-hybridized carbons (Fsp3) is 0.625. The molecule has 1 rings (SSSR count). The second-order valence-corrected chi connectivity index (χ2v) is 4.80. The molecule has 0 radical (unpaired) electrons. The van der Waals surface area contributed by atoms with Crippen LogP contribution in [0.4, 0.5) is 9.93 Å². The Morgan fingerprint density at radius 3 is 2.73 bits per heavy atom. The minimum atomic E-state index is -0.542. The van der Waals surface area contributed by atoms with E-state index in [1.165, 1.54) is 0 Å². The number of nitrogens with zero attached hydrogens (tertiary/aromatic N) is 2. The molecule has 0 aliphatic rings. The van der Waals surface area contributed by atoms with Gasteiger partial charge in [0.1, 0.15) is 5.60 Å². The third-order valence-corrected chi connectivity index (χ3v) is 2.10. The highest BCUT2D eigenvalue weighted by atomic mass is 35.5. The summed E-state index contributed by atoms with van der Waals surface area (Å²) in [5.74, 6) is 0.722. The molecule has 0 saturated carbocycles. The molecule has 0 saturated heterocycles. The molecular weight excluding hydrogens is 238 g/mol. The lowest BCUT2D eigenvalue weighted by atomic mass is 10.2. The number of hydrogen-bond acceptors (Lipinski definition) is 5. The second-order valence-electron chi connectivity index (χ2n) is 3.78. The van der Waals surface area contributed by atoms with E-state index in [2.05, 4.69) is 14.7 Å². The topological polar surface area (TPSA) is 64.1 Å². The lowest BCUT2D eigenvalue weighted by Gasteiger charge is -2.18. The zero-order valence-corrected chi connectivity index (χ0v) is 10.3. The number of hydrogen-bond donors (Lipinski definition) is 1. The zero-order chi connectivity index (χ0) is 11.5. The maximum absolute atomic E-state index is 11.3. The van der Waals surface area contributed by atoms with E-state index in [-0.39, 0.29) is 5.88 Å². The molecule has 0 atom stereocenters. The molecule has 1 N–H and O–H groups in total. The third kappa shape index (κ3) is 4.44. The van der Waals surface area contributed by atoms with Crippen molar-refractivity contribution in [3.05, 3.63) is 5.82 Å². The van der Waals surface area contributed by atoms with Gasteiger partial charge in [0.25, 0.3) is 0 Å². The summed E-state index contributed by atoms with van der Waals surface area (Å²) in [5, 5.41) is 2.87. The van der Waals surface area contributed by atoms with E-state index >= 15 is 0 Å². The number of halogens is 1. The Kier molecular flexibility index (Phi) is 3.87. The minimum Gasteiger partial charge on any atom is -0.444 e. The van der Waals surface area contributed by atoms with Gasteiger partial charge in [-0.1, -0.05) is 0 Å². The molecule has 0 aliphatic heterocycles. The van der Waals surface area contributed by atoms with Gasteiger partial charge >= 0.3 is 6.09 Å². The summed E-state index contributed by atoms with van der Waals surface area (Å²) in [5.41, 5.74) is -0.524. The van der Waals surface area contributed by atoms with E-state index < -0.39 is 11.7 Å². The molecular formula is C8H12ClN3O2S. The van der Waals surface area contributed by atoms with E-state index in [1.54, 1.807) is 20.8 Å². The monoisotopic (exact) mass is 249 g/mol. The molecule has 0 fully saturated rings. The highest BCUT2D eigenvalue weighted by Gasteiger charge is 2.17. The van der Waals surface area contributed by atoms with Crippen LogP contribution in [-0.2, 0) is 10.6 Å². The predicted molar refractivity (Wildman–Crippen MR) is 59.3 cm³/mol. The summed E-state index contributed by atoms with van der Waals surface area (Å²) in [4.78, 5) is 15.3. The van der Waals surface area contributed by atoms with E-state index in [9.17, 15) is 4.79 Å². The predicted octanol–water partition coefficient (Wildman–Crippen LogP) is 2.62. The van der Waals surface area contributed by atoms with Gasteiger partial charge in [0, 0.05) is 11.5 Å². The number of alkyl halides is 1. The third-order valence-electron chi connectivity index (χ3n) is 1.20. The maximum Gasteiger partial charge on any atom is 0.414 e. The van der Waals surface area contributed by atoms with Crippen LogP contribution in [0.1, 0.15) is 26.6 Å². The first kappa shape index (κ1) is 12.2. The highest BCUT2D eigenvalue weighted by molar-refractivity contribution is 7.09. The molecule has 0 bridgehead atoms. The first-order valence-electron chi connectivity index (χ1n) is 4.29. The summed E-state index contributed by atoms with van der Waals surface area (Å²) in [7, 11) is 0. The lowest BCUT2D eigenvalue weighted by Crippen LogP contribution is -2.27. The average molecular weight is 250 g/mol. The minimum absolute atomic E-state index is 0.229. The Labute approximate surface area is 97.0 Å². The molecule has 0 aromatic carbocycles. The summed E-state index contributed by atoms with van der Waals surface area (Å²) < 4.78 is 8.95. The fourth-order valence-corrected chi connectivity index (χ4v) is 1.51. The second kappa shape index (κ2) is 4.76. The first-order valence-corrected chi connectivity index (χ1v) is 5.60. The average Bonchev–Trinajstić information content (AvgIpc) is 2.48. The smallest absolute Gasteiger partial charge is 0.414 e. The van der Waals surface area contributed by atoms with Crippen molar-refractivity contribution in [2.45, 2.75) is 32.3 Å². The van der Waals surface area contributed by atoms with Crippen LogP contribution < -0.4 is 5.32 Å².